The van der Waals surface area contributed by atoms with Crippen molar-refractivity contribution in [3.05, 3.63) is 71.8 Å². The SMILES string of the molecule is CCCCCCCCCCCC(=O)NN=Cc1ccc(OC(=O)C=Cc2ccccc2)cc1. The van der Waals surface area contributed by atoms with Gasteiger partial charge in [0.05, 0.1) is 6.21 Å². The Bertz CT molecular complexity index is 874. The fourth-order valence-corrected chi connectivity index (χ4v) is 3.33. The molecule has 176 valence electrons. The summed E-state index contributed by atoms with van der Waals surface area (Å²) in [6.07, 6.45) is 16.2. The Labute approximate surface area is 197 Å². The molecule has 5 heteroatoms. The first-order valence-corrected chi connectivity index (χ1v) is 12.0. The minimum absolute atomic E-state index is 0.0649. The molecule has 0 saturated carbocycles. The first-order valence-electron chi connectivity index (χ1n) is 12.0. The summed E-state index contributed by atoms with van der Waals surface area (Å²) < 4.78 is 5.29. The molecule has 2 aromatic rings. The highest BCUT2D eigenvalue weighted by atomic mass is 16.5. The van der Waals surface area contributed by atoms with Crippen LogP contribution in [0.4, 0.5) is 0 Å². The van der Waals surface area contributed by atoms with Crippen LogP contribution in [0.2, 0.25) is 0 Å². The minimum Gasteiger partial charge on any atom is -0.423 e. The van der Waals surface area contributed by atoms with Gasteiger partial charge in [0.25, 0.3) is 0 Å². The average Bonchev–Trinajstić information content (AvgIpc) is 2.83. The Balaban J connectivity index is 1.60. The summed E-state index contributed by atoms with van der Waals surface area (Å²) >= 11 is 0. The summed E-state index contributed by atoms with van der Waals surface area (Å²) in [5.74, 6) is -0.0572. The molecule has 0 aromatic heterocycles. The molecule has 1 N–H and O–H groups in total. The van der Waals surface area contributed by atoms with E-state index in [1.807, 2.05) is 30.3 Å². The lowest BCUT2D eigenvalue weighted by molar-refractivity contribution is -0.129. The third-order valence-corrected chi connectivity index (χ3v) is 5.22. The zero-order valence-electron chi connectivity index (χ0n) is 19.7. The Hall–Kier alpha value is -3.21. The summed E-state index contributed by atoms with van der Waals surface area (Å²) in [5, 5.41) is 4.01. The molecular weight excluding hydrogens is 412 g/mol. The lowest BCUT2D eigenvalue weighted by atomic mass is 10.1. The fourth-order valence-electron chi connectivity index (χ4n) is 3.33. The van der Waals surface area contributed by atoms with Crippen LogP contribution in [0.1, 0.15) is 82.3 Å². The smallest absolute Gasteiger partial charge is 0.336 e. The van der Waals surface area contributed by atoms with E-state index in [9.17, 15) is 9.59 Å². The van der Waals surface area contributed by atoms with E-state index in [1.54, 1.807) is 36.6 Å². The van der Waals surface area contributed by atoms with Crippen LogP contribution in [0, 0.1) is 0 Å². The molecule has 2 rings (SSSR count). The van der Waals surface area contributed by atoms with E-state index in [1.165, 1.54) is 51.0 Å². The lowest BCUT2D eigenvalue weighted by Gasteiger charge is -2.03. The van der Waals surface area contributed by atoms with Gasteiger partial charge in [0.1, 0.15) is 5.75 Å². The second kappa shape index (κ2) is 16.4. The Kier molecular flexibility index (Phi) is 13.0. The van der Waals surface area contributed by atoms with Gasteiger partial charge in [-0.25, -0.2) is 10.2 Å². The number of hydrazone groups is 1. The highest BCUT2D eigenvalue weighted by Crippen LogP contribution is 2.12. The molecule has 5 nitrogen and oxygen atoms in total. The van der Waals surface area contributed by atoms with Crippen molar-refractivity contribution in [3.8, 4) is 5.75 Å². The van der Waals surface area contributed by atoms with E-state index in [0.29, 0.717) is 12.2 Å². The molecule has 0 spiro atoms. The number of nitrogens with one attached hydrogen (secondary N) is 1. The van der Waals surface area contributed by atoms with Gasteiger partial charge in [-0.05, 0) is 47.9 Å². The molecule has 0 unspecified atom stereocenters. The number of esters is 1. The number of carbonyl (C=O) groups is 2. The maximum atomic E-state index is 11.9. The van der Waals surface area contributed by atoms with Gasteiger partial charge in [0.2, 0.25) is 5.91 Å². The number of nitrogens with zero attached hydrogens (tertiary/aromatic N) is 1. The minimum atomic E-state index is -0.441. The average molecular weight is 449 g/mol. The van der Waals surface area contributed by atoms with E-state index in [0.717, 1.165) is 24.0 Å². The summed E-state index contributed by atoms with van der Waals surface area (Å²) in [4.78, 5) is 23.8. The van der Waals surface area contributed by atoms with Crippen molar-refractivity contribution in [2.45, 2.75) is 71.1 Å². The number of ether oxygens (including phenoxy) is 1. The second-order valence-electron chi connectivity index (χ2n) is 8.11. The topological polar surface area (TPSA) is 67.8 Å². The number of unbranched alkanes of at least 4 members (excludes halogenated alkanes) is 8. The number of rotatable bonds is 15. The molecule has 0 aliphatic heterocycles. The third kappa shape index (κ3) is 12.4. The monoisotopic (exact) mass is 448 g/mol. The fraction of sp³-hybridized carbons (Fsp3) is 0.393. The number of amides is 1. The number of hydrogen-bond acceptors (Lipinski definition) is 4. The van der Waals surface area contributed by atoms with Gasteiger partial charge in [0.15, 0.2) is 0 Å². The number of hydrogen-bond donors (Lipinski definition) is 1. The van der Waals surface area contributed by atoms with Gasteiger partial charge in [-0.15, -0.1) is 0 Å². The summed E-state index contributed by atoms with van der Waals surface area (Å²) in [7, 11) is 0. The number of carbonyl (C=O) groups excluding carboxylic acids is 2. The van der Waals surface area contributed by atoms with Gasteiger partial charge in [0, 0.05) is 12.5 Å². The zero-order valence-corrected chi connectivity index (χ0v) is 19.7. The van der Waals surface area contributed by atoms with E-state index in [2.05, 4.69) is 17.5 Å². The Morgan fingerprint density at radius 2 is 1.45 bits per heavy atom. The van der Waals surface area contributed by atoms with Gasteiger partial charge in [-0.2, -0.15) is 5.10 Å². The molecule has 0 fully saturated rings. The van der Waals surface area contributed by atoms with Crippen LogP contribution in [0.3, 0.4) is 0 Å². The van der Waals surface area contributed by atoms with Crippen LogP contribution in [0.15, 0.2) is 65.8 Å². The molecule has 0 saturated heterocycles. The molecule has 0 aliphatic carbocycles. The van der Waals surface area contributed by atoms with Gasteiger partial charge in [-0.3, -0.25) is 4.79 Å². The van der Waals surface area contributed by atoms with Crippen molar-refractivity contribution in [2.75, 3.05) is 0 Å². The van der Waals surface area contributed by atoms with E-state index < -0.39 is 5.97 Å². The Morgan fingerprint density at radius 1 is 0.818 bits per heavy atom. The molecular formula is C28H36N2O3. The zero-order chi connectivity index (χ0) is 23.6. The van der Waals surface area contributed by atoms with Crippen LogP contribution < -0.4 is 10.2 Å². The molecule has 0 bridgehead atoms. The highest BCUT2D eigenvalue weighted by Gasteiger charge is 2.02. The van der Waals surface area contributed by atoms with Crippen LogP contribution in [0.25, 0.3) is 6.08 Å². The van der Waals surface area contributed by atoms with Crippen molar-refractivity contribution in [3.63, 3.8) is 0 Å². The first kappa shape index (κ1) is 26.0. The molecule has 33 heavy (non-hydrogen) atoms. The molecule has 0 radical (unpaired) electrons. The van der Waals surface area contributed by atoms with Gasteiger partial charge < -0.3 is 4.74 Å². The standard InChI is InChI=1S/C28H36N2O3/c1-2-3-4-5-6-7-8-9-13-16-27(31)30-29-23-25-17-20-26(21-18-25)33-28(32)22-19-24-14-11-10-12-15-24/h10-12,14-15,17-23H,2-9,13,16H2,1H3,(H,30,31). The van der Waals surface area contributed by atoms with Crippen molar-refractivity contribution in [2.24, 2.45) is 5.10 Å². The van der Waals surface area contributed by atoms with Crippen molar-refractivity contribution >= 4 is 24.2 Å². The van der Waals surface area contributed by atoms with Crippen LogP contribution >= 0.6 is 0 Å². The normalized spacial score (nSPS) is 11.2. The quantitative estimate of drug-likeness (QED) is 0.0825. The van der Waals surface area contributed by atoms with E-state index in [-0.39, 0.29) is 5.91 Å². The molecule has 2 aromatic carbocycles. The maximum absolute atomic E-state index is 11.9. The molecule has 0 atom stereocenters. The first-order chi connectivity index (χ1) is 16.2. The van der Waals surface area contributed by atoms with E-state index >= 15 is 0 Å². The van der Waals surface area contributed by atoms with Crippen LogP contribution in [-0.4, -0.2) is 18.1 Å². The Morgan fingerprint density at radius 3 is 2.12 bits per heavy atom. The largest absolute Gasteiger partial charge is 0.423 e. The van der Waals surface area contributed by atoms with Gasteiger partial charge in [-0.1, -0.05) is 88.6 Å². The van der Waals surface area contributed by atoms with Crippen molar-refractivity contribution in [1.29, 1.82) is 0 Å². The third-order valence-electron chi connectivity index (χ3n) is 5.22. The summed E-state index contributed by atoms with van der Waals surface area (Å²) in [6, 6.07) is 16.5. The number of benzene rings is 2. The predicted octanol–water partition coefficient (Wildman–Crippen LogP) is 6.68. The van der Waals surface area contributed by atoms with E-state index in [4.69, 9.17) is 4.74 Å². The van der Waals surface area contributed by atoms with Crippen molar-refractivity contribution < 1.29 is 14.3 Å². The lowest BCUT2D eigenvalue weighted by Crippen LogP contribution is -2.16. The summed E-state index contributed by atoms with van der Waals surface area (Å²) in [5.41, 5.74) is 4.31. The molecule has 1 amide bonds. The molecule has 0 heterocycles. The van der Waals surface area contributed by atoms with Crippen molar-refractivity contribution in [1.82, 2.24) is 5.43 Å². The van der Waals surface area contributed by atoms with Crippen LogP contribution in [0.5, 0.6) is 5.75 Å². The highest BCUT2D eigenvalue weighted by molar-refractivity contribution is 5.89. The molecule has 0 aliphatic rings. The van der Waals surface area contributed by atoms with Gasteiger partial charge >= 0.3 is 5.97 Å². The second-order valence-corrected chi connectivity index (χ2v) is 8.11. The van der Waals surface area contributed by atoms with Crippen LogP contribution in [-0.2, 0) is 9.59 Å². The maximum Gasteiger partial charge on any atom is 0.336 e. The summed E-state index contributed by atoms with van der Waals surface area (Å²) in [6.45, 7) is 2.23. The predicted molar refractivity (Wildman–Crippen MR) is 135 cm³/mol.